The lowest BCUT2D eigenvalue weighted by molar-refractivity contribution is -0.124. The van der Waals surface area contributed by atoms with Crippen LogP contribution in [0.2, 0.25) is 0 Å². The molecule has 0 spiro atoms. The predicted molar refractivity (Wildman–Crippen MR) is 88.2 cm³/mol. The second kappa shape index (κ2) is 10.4. The molecule has 1 aliphatic heterocycles. The van der Waals surface area contributed by atoms with Crippen molar-refractivity contribution in [3.8, 4) is 0 Å². The lowest BCUT2D eigenvalue weighted by Crippen LogP contribution is -2.24. The van der Waals surface area contributed by atoms with Crippen molar-refractivity contribution in [2.24, 2.45) is 5.92 Å². The Morgan fingerprint density at radius 2 is 1.82 bits per heavy atom. The first-order valence-corrected chi connectivity index (χ1v) is 8.75. The highest BCUT2D eigenvalue weighted by atomic mass is 16.5. The molecule has 0 radical (unpaired) electrons. The second-order valence-electron chi connectivity index (χ2n) is 6.57. The number of rotatable bonds is 11. The number of ketones is 1. The average Bonchev–Trinajstić information content (AvgIpc) is 2.77. The van der Waals surface area contributed by atoms with E-state index in [1.165, 1.54) is 38.2 Å². The van der Waals surface area contributed by atoms with Crippen LogP contribution in [0.25, 0.3) is 0 Å². The minimum atomic E-state index is -0.447. The maximum Gasteiger partial charge on any atom is 0.267 e. The third-order valence-corrected chi connectivity index (χ3v) is 3.81. The number of unbranched alkanes of at least 4 members (excludes halogenated alkanes) is 6. The molecule has 22 heavy (non-hydrogen) atoms. The number of allylic oxidation sites excluding steroid dienone is 1. The molecule has 1 heterocycles. The zero-order valence-electron chi connectivity index (χ0n) is 14.3. The van der Waals surface area contributed by atoms with Gasteiger partial charge in [0.05, 0.1) is 0 Å². The summed E-state index contributed by atoms with van der Waals surface area (Å²) in [5.74, 6) is 0.611. The van der Waals surface area contributed by atoms with Gasteiger partial charge in [0.1, 0.15) is 0 Å². The van der Waals surface area contributed by atoms with E-state index in [0.717, 1.165) is 12.8 Å². The van der Waals surface area contributed by atoms with Crippen LogP contribution >= 0.6 is 0 Å². The van der Waals surface area contributed by atoms with E-state index in [4.69, 9.17) is 4.74 Å². The Morgan fingerprint density at radius 3 is 2.45 bits per heavy atom. The molecule has 1 rings (SSSR count). The molecule has 1 aliphatic rings. The topological polar surface area (TPSA) is 55.4 Å². The minimum absolute atomic E-state index is 0.0362. The van der Waals surface area contributed by atoms with Crippen molar-refractivity contribution in [1.82, 2.24) is 5.32 Å². The number of hydrogen-bond donors (Lipinski definition) is 1. The Bertz CT molecular complexity index is 388. The van der Waals surface area contributed by atoms with Crippen LogP contribution in [0.1, 0.15) is 78.6 Å². The fourth-order valence-electron chi connectivity index (χ4n) is 2.57. The molecule has 4 heteroatoms. The molecule has 0 saturated carbocycles. The third kappa shape index (κ3) is 7.62. The molecule has 0 aromatic rings. The predicted octanol–water partition coefficient (Wildman–Crippen LogP) is 4.10. The van der Waals surface area contributed by atoms with E-state index in [0.29, 0.717) is 24.6 Å². The van der Waals surface area contributed by atoms with E-state index in [1.807, 2.05) is 13.8 Å². The van der Waals surface area contributed by atoms with Crippen molar-refractivity contribution >= 4 is 11.7 Å². The first kappa shape index (κ1) is 18.7. The highest BCUT2D eigenvalue weighted by Crippen LogP contribution is 2.17. The van der Waals surface area contributed by atoms with Crippen molar-refractivity contribution < 1.29 is 14.3 Å². The van der Waals surface area contributed by atoms with Crippen LogP contribution in [0.4, 0.5) is 0 Å². The summed E-state index contributed by atoms with van der Waals surface area (Å²) in [6.45, 7) is 6.30. The normalized spacial score (nSPS) is 19.5. The van der Waals surface area contributed by atoms with Crippen LogP contribution in [0.3, 0.4) is 0 Å². The molecule has 0 aromatic heterocycles. The molecule has 4 nitrogen and oxygen atoms in total. The first-order chi connectivity index (χ1) is 10.5. The standard InChI is InChI=1S/C18H31NO3/c1-4-5-6-7-8-9-10-11-15(20)13-17-19-18(21)16(22-17)12-14(2)3/h13-14,16H,4-12H2,1-3H3,(H,19,21)/b17-13+. The third-order valence-electron chi connectivity index (χ3n) is 3.81. The summed E-state index contributed by atoms with van der Waals surface area (Å²) in [5.41, 5.74) is 0. The molecule has 1 fully saturated rings. The summed E-state index contributed by atoms with van der Waals surface area (Å²) < 4.78 is 5.51. The van der Waals surface area contributed by atoms with E-state index in [9.17, 15) is 9.59 Å². The number of nitrogens with one attached hydrogen (secondary N) is 1. The second-order valence-corrected chi connectivity index (χ2v) is 6.57. The molecule has 0 aliphatic carbocycles. The van der Waals surface area contributed by atoms with E-state index >= 15 is 0 Å². The molecule has 1 amide bonds. The highest BCUT2D eigenvalue weighted by Gasteiger charge is 2.30. The van der Waals surface area contributed by atoms with Crippen molar-refractivity contribution in [3.63, 3.8) is 0 Å². The number of amides is 1. The van der Waals surface area contributed by atoms with Gasteiger partial charge in [0.15, 0.2) is 17.8 Å². The lowest BCUT2D eigenvalue weighted by Gasteiger charge is -2.09. The van der Waals surface area contributed by atoms with E-state index in [2.05, 4.69) is 12.2 Å². The molecular weight excluding hydrogens is 278 g/mol. The van der Waals surface area contributed by atoms with Crippen LogP contribution in [-0.4, -0.2) is 17.8 Å². The fraction of sp³-hybridized carbons (Fsp3) is 0.778. The average molecular weight is 309 g/mol. The van der Waals surface area contributed by atoms with Gasteiger partial charge in [-0.2, -0.15) is 0 Å². The van der Waals surface area contributed by atoms with E-state index in [1.54, 1.807) is 0 Å². The maximum absolute atomic E-state index is 11.9. The minimum Gasteiger partial charge on any atom is -0.465 e. The van der Waals surface area contributed by atoms with Gasteiger partial charge in [-0.25, -0.2) is 0 Å². The van der Waals surface area contributed by atoms with Crippen LogP contribution in [0, 0.1) is 5.92 Å². The van der Waals surface area contributed by atoms with Crippen LogP contribution < -0.4 is 5.32 Å². The van der Waals surface area contributed by atoms with Crippen molar-refractivity contribution in [1.29, 1.82) is 0 Å². The van der Waals surface area contributed by atoms with Gasteiger partial charge in [0.25, 0.3) is 5.91 Å². The summed E-state index contributed by atoms with van der Waals surface area (Å²) in [6, 6.07) is 0. The largest absolute Gasteiger partial charge is 0.465 e. The zero-order chi connectivity index (χ0) is 16.4. The summed E-state index contributed by atoms with van der Waals surface area (Å²) >= 11 is 0. The molecule has 0 bridgehead atoms. The van der Waals surface area contributed by atoms with Gasteiger partial charge >= 0.3 is 0 Å². The van der Waals surface area contributed by atoms with Crippen molar-refractivity contribution in [2.45, 2.75) is 84.7 Å². The van der Waals surface area contributed by atoms with Gasteiger partial charge in [-0.15, -0.1) is 0 Å². The Kier molecular flexibility index (Phi) is 8.86. The van der Waals surface area contributed by atoms with Crippen molar-refractivity contribution in [2.75, 3.05) is 0 Å². The Labute approximate surface area is 134 Å². The number of ether oxygens (including phenoxy) is 1. The molecule has 0 aromatic carbocycles. The quantitative estimate of drug-likeness (QED) is 0.462. The van der Waals surface area contributed by atoms with Gasteiger partial charge in [-0.1, -0.05) is 59.3 Å². The maximum atomic E-state index is 11.9. The summed E-state index contributed by atoms with van der Waals surface area (Å²) in [5, 5.41) is 2.64. The molecule has 1 saturated heterocycles. The van der Waals surface area contributed by atoms with Gasteiger partial charge in [0.2, 0.25) is 0 Å². The Morgan fingerprint density at radius 1 is 1.18 bits per heavy atom. The van der Waals surface area contributed by atoms with Crippen molar-refractivity contribution in [3.05, 3.63) is 12.0 Å². The molecule has 1 unspecified atom stereocenters. The van der Waals surface area contributed by atoms with Gasteiger partial charge in [-0.3, -0.25) is 14.9 Å². The molecule has 126 valence electrons. The SMILES string of the molecule is CCCCCCCCCC(=O)/C=C1\NC(=O)C(CC(C)C)O1. The van der Waals surface area contributed by atoms with Gasteiger partial charge < -0.3 is 4.74 Å². The molecular formula is C18H31NO3. The summed E-state index contributed by atoms with van der Waals surface area (Å²) in [4.78, 5) is 23.6. The fourth-order valence-corrected chi connectivity index (χ4v) is 2.57. The van der Waals surface area contributed by atoms with Crippen LogP contribution in [-0.2, 0) is 14.3 Å². The smallest absolute Gasteiger partial charge is 0.267 e. The lowest BCUT2D eigenvalue weighted by atomic mass is 10.1. The summed E-state index contributed by atoms with van der Waals surface area (Å²) in [6.07, 6.45) is 10.5. The Balaban J connectivity index is 2.20. The highest BCUT2D eigenvalue weighted by molar-refractivity contribution is 5.92. The Hall–Kier alpha value is -1.32. The summed E-state index contributed by atoms with van der Waals surface area (Å²) in [7, 11) is 0. The van der Waals surface area contributed by atoms with E-state index in [-0.39, 0.29) is 11.7 Å². The number of carbonyl (C=O) groups is 2. The first-order valence-electron chi connectivity index (χ1n) is 8.75. The van der Waals surface area contributed by atoms with Gasteiger partial charge in [-0.05, 0) is 18.8 Å². The molecule has 1 atom stereocenters. The van der Waals surface area contributed by atoms with Crippen LogP contribution in [0.5, 0.6) is 0 Å². The zero-order valence-corrected chi connectivity index (χ0v) is 14.3. The van der Waals surface area contributed by atoms with E-state index < -0.39 is 6.10 Å². The number of carbonyl (C=O) groups excluding carboxylic acids is 2. The monoisotopic (exact) mass is 309 g/mol. The van der Waals surface area contributed by atoms with Gasteiger partial charge in [0, 0.05) is 12.5 Å². The molecule has 1 N–H and O–H groups in total. The number of hydrogen-bond acceptors (Lipinski definition) is 3. The van der Waals surface area contributed by atoms with Crippen LogP contribution in [0.15, 0.2) is 12.0 Å².